The molecule has 0 saturated heterocycles. The van der Waals surface area contributed by atoms with Gasteiger partial charge >= 0.3 is 0 Å². The van der Waals surface area contributed by atoms with Gasteiger partial charge < -0.3 is 15.0 Å². The molecule has 0 saturated carbocycles. The minimum absolute atomic E-state index is 0.0258. The molecule has 0 fully saturated rings. The van der Waals surface area contributed by atoms with Gasteiger partial charge in [0, 0.05) is 13.1 Å². The SMILES string of the molecule is CCCNC(=O)C(CC)N(Cc1cccc(OC)c1)C(=O)CN(c1ccccc1Cl)S(=O)(=O)c1ccc(C)cc1. The van der Waals surface area contributed by atoms with Crippen LogP contribution in [0.2, 0.25) is 5.02 Å². The van der Waals surface area contributed by atoms with Crippen LogP contribution in [0.15, 0.2) is 77.7 Å². The summed E-state index contributed by atoms with van der Waals surface area (Å²) in [6, 6.07) is 19.2. The van der Waals surface area contributed by atoms with E-state index in [0.717, 1.165) is 21.9 Å². The topological polar surface area (TPSA) is 96.0 Å². The molecule has 0 aliphatic rings. The van der Waals surface area contributed by atoms with Crippen LogP contribution in [0.5, 0.6) is 5.75 Å². The highest BCUT2D eigenvalue weighted by atomic mass is 35.5. The molecular formula is C30H36ClN3O5S. The Morgan fingerprint density at radius 3 is 2.33 bits per heavy atom. The Morgan fingerprint density at radius 2 is 1.70 bits per heavy atom. The van der Waals surface area contributed by atoms with Crippen LogP contribution >= 0.6 is 11.6 Å². The zero-order valence-corrected chi connectivity index (χ0v) is 24.8. The molecule has 1 N–H and O–H groups in total. The minimum atomic E-state index is -4.19. The summed E-state index contributed by atoms with van der Waals surface area (Å²) in [7, 11) is -2.64. The Hall–Kier alpha value is -3.56. The summed E-state index contributed by atoms with van der Waals surface area (Å²) in [5.41, 5.74) is 1.80. The number of sulfonamides is 1. The predicted octanol–water partition coefficient (Wildman–Crippen LogP) is 5.19. The van der Waals surface area contributed by atoms with E-state index < -0.39 is 28.5 Å². The van der Waals surface area contributed by atoms with Gasteiger partial charge in [-0.1, -0.05) is 67.4 Å². The lowest BCUT2D eigenvalue weighted by Gasteiger charge is -2.33. The molecule has 0 radical (unpaired) electrons. The van der Waals surface area contributed by atoms with Crippen LogP contribution in [0.4, 0.5) is 5.69 Å². The standard InChI is InChI=1S/C30H36ClN3O5S/c1-5-18-32-30(36)27(6-2)33(20-23-10-9-11-24(19-23)39-4)29(35)21-34(28-13-8-7-12-26(28)31)40(37,38)25-16-14-22(3)15-17-25/h7-17,19,27H,5-6,18,20-21H2,1-4H3,(H,32,36). The van der Waals surface area contributed by atoms with Crippen molar-refractivity contribution in [2.24, 2.45) is 0 Å². The second kappa shape index (κ2) is 14.2. The largest absolute Gasteiger partial charge is 0.497 e. The van der Waals surface area contributed by atoms with Crippen LogP contribution in [-0.2, 0) is 26.2 Å². The third-order valence-corrected chi connectivity index (χ3v) is 8.52. The zero-order valence-electron chi connectivity index (χ0n) is 23.3. The zero-order chi connectivity index (χ0) is 29.3. The van der Waals surface area contributed by atoms with Crippen LogP contribution in [0.3, 0.4) is 0 Å². The summed E-state index contributed by atoms with van der Waals surface area (Å²) in [6.45, 7) is 5.60. The van der Waals surface area contributed by atoms with Gasteiger partial charge in [0.2, 0.25) is 11.8 Å². The molecule has 40 heavy (non-hydrogen) atoms. The Bertz CT molecular complexity index is 1410. The first-order chi connectivity index (χ1) is 19.1. The van der Waals surface area contributed by atoms with Crippen molar-refractivity contribution in [3.05, 3.63) is 88.9 Å². The van der Waals surface area contributed by atoms with E-state index in [4.69, 9.17) is 16.3 Å². The highest BCUT2D eigenvalue weighted by Crippen LogP contribution is 2.31. The molecule has 0 aliphatic heterocycles. The monoisotopic (exact) mass is 585 g/mol. The first kappa shape index (κ1) is 31.0. The van der Waals surface area contributed by atoms with Gasteiger partial charge in [0.1, 0.15) is 18.3 Å². The number of hydrogen-bond acceptors (Lipinski definition) is 5. The maximum absolute atomic E-state index is 14.1. The number of rotatable bonds is 13. The van der Waals surface area contributed by atoms with Crippen LogP contribution in [-0.4, -0.2) is 51.4 Å². The van der Waals surface area contributed by atoms with Gasteiger partial charge in [-0.25, -0.2) is 8.42 Å². The van der Waals surface area contributed by atoms with Gasteiger partial charge in [-0.2, -0.15) is 0 Å². The van der Waals surface area contributed by atoms with Gasteiger partial charge in [-0.05, 0) is 61.7 Å². The quantitative estimate of drug-likeness (QED) is 0.298. The van der Waals surface area contributed by atoms with Gasteiger partial charge in [0.15, 0.2) is 0 Å². The summed E-state index contributed by atoms with van der Waals surface area (Å²) in [5, 5.41) is 3.05. The van der Waals surface area contributed by atoms with Gasteiger partial charge in [-0.15, -0.1) is 0 Å². The fourth-order valence-electron chi connectivity index (χ4n) is 4.26. The number of halogens is 1. The number of amides is 2. The van der Waals surface area contributed by atoms with Crippen LogP contribution < -0.4 is 14.4 Å². The van der Waals surface area contributed by atoms with E-state index in [0.29, 0.717) is 18.7 Å². The fourth-order valence-corrected chi connectivity index (χ4v) is 5.98. The number of benzene rings is 3. The van der Waals surface area contributed by atoms with E-state index in [1.165, 1.54) is 17.0 Å². The van der Waals surface area contributed by atoms with E-state index >= 15 is 0 Å². The number of hydrogen-bond donors (Lipinski definition) is 1. The average Bonchev–Trinajstić information content (AvgIpc) is 2.95. The molecule has 3 aromatic carbocycles. The third kappa shape index (κ3) is 7.55. The minimum Gasteiger partial charge on any atom is -0.497 e. The smallest absolute Gasteiger partial charge is 0.264 e. The highest BCUT2D eigenvalue weighted by Gasteiger charge is 2.34. The number of ether oxygens (including phenoxy) is 1. The second-order valence-electron chi connectivity index (χ2n) is 9.36. The number of methoxy groups -OCH3 is 1. The Balaban J connectivity index is 2.07. The molecule has 0 heterocycles. The molecule has 0 aliphatic carbocycles. The van der Waals surface area contributed by atoms with Gasteiger partial charge in [0.05, 0.1) is 22.7 Å². The molecule has 1 atom stereocenters. The Morgan fingerprint density at radius 1 is 1.00 bits per heavy atom. The van der Waals surface area contributed by atoms with E-state index in [1.54, 1.807) is 61.7 Å². The van der Waals surface area contributed by atoms with Gasteiger partial charge in [-0.3, -0.25) is 13.9 Å². The third-order valence-electron chi connectivity index (χ3n) is 6.43. The molecule has 10 heteroatoms. The van der Waals surface area contributed by atoms with Crippen LogP contribution in [0, 0.1) is 6.92 Å². The first-order valence-electron chi connectivity index (χ1n) is 13.2. The normalized spacial score (nSPS) is 11.9. The average molecular weight is 586 g/mol. The second-order valence-corrected chi connectivity index (χ2v) is 11.6. The molecule has 2 amide bonds. The summed E-state index contributed by atoms with van der Waals surface area (Å²) in [5.74, 6) is -0.240. The maximum atomic E-state index is 14.1. The van der Waals surface area contributed by atoms with Crippen molar-refractivity contribution in [1.82, 2.24) is 10.2 Å². The molecule has 0 bridgehead atoms. The summed E-state index contributed by atoms with van der Waals surface area (Å²) in [4.78, 5) is 28.7. The van der Waals surface area contributed by atoms with Crippen molar-refractivity contribution in [2.45, 2.75) is 51.1 Å². The number of anilines is 1. The van der Waals surface area contributed by atoms with Crippen molar-refractivity contribution >= 4 is 39.1 Å². The molecule has 3 rings (SSSR count). The highest BCUT2D eigenvalue weighted by molar-refractivity contribution is 7.92. The summed E-state index contributed by atoms with van der Waals surface area (Å²) in [6.07, 6.45) is 1.07. The number of para-hydroxylation sites is 1. The molecule has 8 nitrogen and oxygen atoms in total. The molecule has 0 aromatic heterocycles. The first-order valence-corrected chi connectivity index (χ1v) is 15.0. The lowest BCUT2D eigenvalue weighted by atomic mass is 10.1. The van der Waals surface area contributed by atoms with Crippen LogP contribution in [0.1, 0.15) is 37.8 Å². The van der Waals surface area contributed by atoms with Gasteiger partial charge in [0.25, 0.3) is 10.0 Å². The lowest BCUT2D eigenvalue weighted by molar-refractivity contribution is -0.140. The fraction of sp³-hybridized carbons (Fsp3) is 0.333. The van der Waals surface area contributed by atoms with Crippen LogP contribution in [0.25, 0.3) is 0 Å². The molecule has 214 valence electrons. The lowest BCUT2D eigenvalue weighted by Crippen LogP contribution is -2.52. The number of aryl methyl sites for hydroxylation is 1. The molecule has 0 spiro atoms. The van der Waals surface area contributed by atoms with Crippen molar-refractivity contribution in [1.29, 1.82) is 0 Å². The molecule has 3 aromatic rings. The van der Waals surface area contributed by atoms with Crippen molar-refractivity contribution in [3.8, 4) is 5.75 Å². The molecular weight excluding hydrogens is 550 g/mol. The number of carbonyl (C=O) groups is 2. The van der Waals surface area contributed by atoms with Crippen molar-refractivity contribution in [3.63, 3.8) is 0 Å². The van der Waals surface area contributed by atoms with E-state index in [2.05, 4.69) is 5.32 Å². The summed E-state index contributed by atoms with van der Waals surface area (Å²) < 4.78 is 34.2. The predicted molar refractivity (Wildman–Crippen MR) is 158 cm³/mol. The van der Waals surface area contributed by atoms with Crippen molar-refractivity contribution in [2.75, 3.05) is 24.5 Å². The van der Waals surface area contributed by atoms with Crippen molar-refractivity contribution < 1.29 is 22.7 Å². The molecule has 1 unspecified atom stereocenters. The Labute approximate surface area is 241 Å². The maximum Gasteiger partial charge on any atom is 0.264 e. The number of nitrogens with one attached hydrogen (secondary N) is 1. The number of nitrogens with zero attached hydrogens (tertiary/aromatic N) is 2. The Kier molecular flexibility index (Phi) is 11.0. The van der Waals surface area contributed by atoms with E-state index in [9.17, 15) is 18.0 Å². The number of carbonyl (C=O) groups excluding carboxylic acids is 2. The summed E-state index contributed by atoms with van der Waals surface area (Å²) >= 11 is 6.45. The van der Waals surface area contributed by atoms with E-state index in [-0.39, 0.29) is 28.1 Å². The van der Waals surface area contributed by atoms with E-state index in [1.807, 2.05) is 26.8 Å².